The fraction of sp³-hybridized carbons (Fsp3) is 0.308. The van der Waals surface area contributed by atoms with Gasteiger partial charge in [-0.25, -0.2) is 9.07 Å². The first kappa shape index (κ1) is 27.2. The third-order valence-electron chi connectivity index (χ3n) is 6.29. The van der Waals surface area contributed by atoms with Gasteiger partial charge in [0.1, 0.15) is 5.69 Å². The molecule has 0 saturated carbocycles. The van der Waals surface area contributed by atoms with Crippen LogP contribution in [0.5, 0.6) is 5.75 Å². The van der Waals surface area contributed by atoms with E-state index in [0.29, 0.717) is 29.2 Å². The number of nitrogens with one attached hydrogen (secondary N) is 2. The Morgan fingerprint density at radius 1 is 1.16 bits per heavy atom. The molecule has 4 aromatic rings. The fourth-order valence-corrected chi connectivity index (χ4v) is 4.47. The van der Waals surface area contributed by atoms with Gasteiger partial charge >= 0.3 is 0 Å². The number of fused-ring (bicyclic) bond motifs is 1. The van der Waals surface area contributed by atoms with Crippen molar-refractivity contribution < 1.29 is 18.7 Å². The second-order valence-electron chi connectivity index (χ2n) is 8.89. The highest BCUT2D eigenvalue weighted by Gasteiger charge is 2.21. The van der Waals surface area contributed by atoms with Crippen molar-refractivity contribution in [3.05, 3.63) is 87.7 Å². The van der Waals surface area contributed by atoms with Crippen molar-refractivity contribution in [1.29, 1.82) is 0 Å². The van der Waals surface area contributed by atoms with Crippen molar-refractivity contribution in [2.75, 3.05) is 14.2 Å². The number of carbonyl (C=O) groups is 1. The minimum atomic E-state index is -0.577. The van der Waals surface area contributed by atoms with Gasteiger partial charge in [-0.3, -0.25) is 9.48 Å². The lowest BCUT2D eigenvalue weighted by Gasteiger charge is -2.14. The minimum absolute atomic E-state index is 0. The summed E-state index contributed by atoms with van der Waals surface area (Å²) in [7, 11) is 2.94. The SMILES string of the molecule is COCc1nn(Cc2ccc3c(c2)CNC3)cc1C(=O)NCc1c(-n2cc(C)nn2)ccc(OC)c1F.Cl. The van der Waals surface area contributed by atoms with Gasteiger partial charge in [0.05, 0.1) is 43.4 Å². The molecule has 0 radical (unpaired) electrons. The normalized spacial score (nSPS) is 12.2. The second kappa shape index (κ2) is 11.7. The summed E-state index contributed by atoms with van der Waals surface area (Å²) in [5, 5.41) is 18.8. The van der Waals surface area contributed by atoms with Gasteiger partial charge in [-0.15, -0.1) is 17.5 Å². The van der Waals surface area contributed by atoms with Crippen LogP contribution in [0.25, 0.3) is 5.69 Å². The molecule has 10 nitrogen and oxygen atoms in total. The van der Waals surface area contributed by atoms with E-state index >= 15 is 4.39 Å². The molecule has 0 aliphatic carbocycles. The van der Waals surface area contributed by atoms with Gasteiger partial charge < -0.3 is 20.1 Å². The Labute approximate surface area is 225 Å². The molecular formula is C26H29ClFN7O3. The van der Waals surface area contributed by atoms with Crippen LogP contribution in [0.15, 0.2) is 42.7 Å². The van der Waals surface area contributed by atoms with Gasteiger partial charge in [-0.05, 0) is 35.7 Å². The Morgan fingerprint density at radius 2 is 1.97 bits per heavy atom. The summed E-state index contributed by atoms with van der Waals surface area (Å²) in [6, 6.07) is 9.55. The quantitative estimate of drug-likeness (QED) is 0.335. The lowest BCUT2D eigenvalue weighted by molar-refractivity contribution is 0.0945. The highest BCUT2D eigenvalue weighted by molar-refractivity contribution is 5.95. The summed E-state index contributed by atoms with van der Waals surface area (Å²) in [4.78, 5) is 13.2. The molecule has 2 aromatic heterocycles. The van der Waals surface area contributed by atoms with E-state index in [9.17, 15) is 4.79 Å². The highest BCUT2D eigenvalue weighted by atomic mass is 35.5. The Kier molecular flexibility index (Phi) is 8.40. The molecule has 0 spiro atoms. The molecule has 0 bridgehead atoms. The van der Waals surface area contributed by atoms with Crippen LogP contribution in [0.2, 0.25) is 0 Å². The number of carbonyl (C=O) groups excluding carboxylic acids is 1. The summed E-state index contributed by atoms with van der Waals surface area (Å²) in [5.41, 5.74) is 5.90. The molecule has 0 fully saturated rings. The maximum atomic E-state index is 15.2. The van der Waals surface area contributed by atoms with Gasteiger partial charge in [-0.2, -0.15) is 5.10 Å². The number of ether oxygens (including phenoxy) is 2. The molecule has 0 saturated heterocycles. The number of methoxy groups -OCH3 is 2. The van der Waals surface area contributed by atoms with Gasteiger partial charge in [0.15, 0.2) is 11.6 Å². The molecule has 1 aliphatic heterocycles. The van der Waals surface area contributed by atoms with Crippen molar-refractivity contribution in [2.24, 2.45) is 0 Å². The third kappa shape index (κ3) is 5.54. The first-order chi connectivity index (χ1) is 18.0. The highest BCUT2D eigenvalue weighted by Crippen LogP contribution is 2.26. The number of amides is 1. The maximum Gasteiger partial charge on any atom is 0.255 e. The lowest BCUT2D eigenvalue weighted by Crippen LogP contribution is -2.25. The van der Waals surface area contributed by atoms with Crippen LogP contribution in [-0.4, -0.2) is 44.9 Å². The van der Waals surface area contributed by atoms with Crippen LogP contribution in [0, 0.1) is 12.7 Å². The summed E-state index contributed by atoms with van der Waals surface area (Å²) < 4.78 is 28.9. The summed E-state index contributed by atoms with van der Waals surface area (Å²) in [5.74, 6) is -0.894. The summed E-state index contributed by atoms with van der Waals surface area (Å²) >= 11 is 0. The smallest absolute Gasteiger partial charge is 0.255 e. The average molecular weight is 542 g/mol. The first-order valence-electron chi connectivity index (χ1n) is 11.9. The molecule has 1 aliphatic rings. The van der Waals surface area contributed by atoms with Crippen molar-refractivity contribution >= 4 is 18.3 Å². The van der Waals surface area contributed by atoms with E-state index in [2.05, 4.69) is 44.2 Å². The van der Waals surface area contributed by atoms with Gasteiger partial charge in [0.2, 0.25) is 0 Å². The van der Waals surface area contributed by atoms with Crippen LogP contribution in [0.4, 0.5) is 4.39 Å². The Balaban J connectivity index is 0.00000336. The van der Waals surface area contributed by atoms with E-state index < -0.39 is 5.82 Å². The fourth-order valence-electron chi connectivity index (χ4n) is 4.47. The Bertz CT molecular complexity index is 1450. The molecule has 3 heterocycles. The molecule has 1 amide bonds. The summed E-state index contributed by atoms with van der Waals surface area (Å²) in [6.45, 7) is 4.11. The number of hydrogen-bond donors (Lipinski definition) is 2. The summed E-state index contributed by atoms with van der Waals surface area (Å²) in [6.07, 6.45) is 3.38. The molecule has 2 N–H and O–H groups in total. The zero-order valence-electron chi connectivity index (χ0n) is 21.3. The van der Waals surface area contributed by atoms with Crippen molar-refractivity contribution in [1.82, 2.24) is 35.4 Å². The zero-order valence-corrected chi connectivity index (χ0v) is 22.1. The van der Waals surface area contributed by atoms with Gasteiger partial charge in [0.25, 0.3) is 5.91 Å². The van der Waals surface area contributed by atoms with Crippen molar-refractivity contribution in [2.45, 2.75) is 39.7 Å². The lowest BCUT2D eigenvalue weighted by atomic mass is 10.1. The van der Waals surface area contributed by atoms with Crippen LogP contribution in [0.3, 0.4) is 0 Å². The number of hydrogen-bond acceptors (Lipinski definition) is 7. The molecule has 200 valence electrons. The molecular weight excluding hydrogens is 513 g/mol. The monoisotopic (exact) mass is 541 g/mol. The predicted molar refractivity (Wildman–Crippen MR) is 140 cm³/mol. The van der Waals surface area contributed by atoms with Crippen LogP contribution in [0.1, 0.15) is 44.0 Å². The number of aryl methyl sites for hydroxylation is 1. The molecule has 2 aromatic carbocycles. The van der Waals surface area contributed by atoms with Gasteiger partial charge in [0, 0.05) is 38.5 Å². The molecule has 0 atom stereocenters. The topological polar surface area (TPSA) is 108 Å². The second-order valence-corrected chi connectivity index (χ2v) is 8.89. The minimum Gasteiger partial charge on any atom is -0.494 e. The maximum absolute atomic E-state index is 15.2. The van der Waals surface area contributed by atoms with E-state index in [4.69, 9.17) is 9.47 Å². The Morgan fingerprint density at radius 3 is 2.71 bits per heavy atom. The van der Waals surface area contributed by atoms with Gasteiger partial charge in [-0.1, -0.05) is 23.4 Å². The van der Waals surface area contributed by atoms with Crippen molar-refractivity contribution in [3.63, 3.8) is 0 Å². The van der Waals surface area contributed by atoms with E-state index in [-0.39, 0.29) is 42.8 Å². The first-order valence-corrected chi connectivity index (χ1v) is 11.9. The van der Waals surface area contributed by atoms with Crippen LogP contribution >= 0.6 is 12.4 Å². The van der Waals surface area contributed by atoms with E-state index in [1.807, 2.05) is 0 Å². The standard InChI is InChI=1S/C26H28FN7O3.ClH/c1-16-12-34(32-30-16)23-6-7-24(37-3)25(27)20(23)11-29-26(35)21-14-33(31-22(21)15-36-2)13-17-4-5-18-9-28-10-19(18)8-17;/h4-8,12,14,28H,9-11,13,15H2,1-3H3,(H,29,35);1H. The number of benzene rings is 2. The average Bonchev–Trinajstić information content (AvgIpc) is 3.63. The number of halogens is 2. The molecule has 5 rings (SSSR count). The number of rotatable bonds is 9. The van der Waals surface area contributed by atoms with E-state index in [1.165, 1.54) is 29.0 Å². The van der Waals surface area contributed by atoms with E-state index in [1.54, 1.807) is 37.2 Å². The largest absolute Gasteiger partial charge is 0.494 e. The number of nitrogens with zero attached hydrogens (tertiary/aromatic N) is 5. The van der Waals surface area contributed by atoms with Crippen LogP contribution in [-0.2, 0) is 37.5 Å². The van der Waals surface area contributed by atoms with Crippen molar-refractivity contribution in [3.8, 4) is 11.4 Å². The molecule has 38 heavy (non-hydrogen) atoms. The molecule has 12 heteroatoms. The number of aromatic nitrogens is 5. The predicted octanol–water partition coefficient (Wildman–Crippen LogP) is 3.07. The third-order valence-corrected chi connectivity index (χ3v) is 6.29. The molecule has 0 unspecified atom stereocenters. The van der Waals surface area contributed by atoms with E-state index in [0.717, 1.165) is 18.7 Å². The zero-order chi connectivity index (χ0) is 25.9. The van der Waals surface area contributed by atoms with Crippen LogP contribution < -0.4 is 15.4 Å². The Hall–Kier alpha value is -3.80.